The molecule has 3 rings (SSSR count). The van der Waals surface area contributed by atoms with Gasteiger partial charge in [-0.2, -0.15) is 0 Å². The summed E-state index contributed by atoms with van der Waals surface area (Å²) in [5.74, 6) is -0.948. The molecule has 0 aromatic heterocycles. The molecule has 1 aliphatic rings. The number of nitrogens with zero attached hydrogens (tertiary/aromatic N) is 2. The summed E-state index contributed by atoms with van der Waals surface area (Å²) in [7, 11) is 0. The van der Waals surface area contributed by atoms with Crippen molar-refractivity contribution in [3.63, 3.8) is 0 Å². The summed E-state index contributed by atoms with van der Waals surface area (Å²) in [5.41, 5.74) is 18.5. The molecule has 2 aromatic carbocycles. The van der Waals surface area contributed by atoms with Crippen LogP contribution >= 0.6 is 0 Å². The number of fused-ring (bicyclic) bond motifs is 1. The van der Waals surface area contributed by atoms with Crippen molar-refractivity contribution >= 4 is 29.3 Å². The molecule has 12 nitrogen and oxygen atoms in total. The number of carboxylic acid groups (broad SMARTS) is 2. The van der Waals surface area contributed by atoms with Crippen LogP contribution in [-0.4, -0.2) is 79.6 Å². The lowest BCUT2D eigenvalue weighted by Gasteiger charge is -2.31. The number of aliphatic imine (C=N–C) groups is 1. The minimum absolute atomic E-state index is 0.0129. The fraction of sp³-hybridized carbons (Fsp3) is 0.464. The monoisotopic (exact) mass is 558 g/mol. The molecular weight excluding hydrogens is 516 g/mol. The van der Waals surface area contributed by atoms with Crippen LogP contribution in [0.4, 0.5) is 11.4 Å². The van der Waals surface area contributed by atoms with Crippen molar-refractivity contribution in [3.8, 4) is 5.75 Å². The number of hydrogen-bond acceptors (Lipinski definition) is 8. The Morgan fingerprint density at radius 3 is 2.48 bits per heavy atom. The van der Waals surface area contributed by atoms with Crippen LogP contribution in [0.25, 0.3) is 0 Å². The first-order valence-electron chi connectivity index (χ1n) is 13.4. The number of benzene rings is 2. The van der Waals surface area contributed by atoms with Crippen LogP contribution in [0, 0.1) is 0 Å². The molecule has 0 radical (unpaired) electrons. The highest BCUT2D eigenvalue weighted by Gasteiger charge is 2.18. The van der Waals surface area contributed by atoms with E-state index in [0.29, 0.717) is 32.4 Å². The summed E-state index contributed by atoms with van der Waals surface area (Å²) in [5, 5.41) is 21.0. The maximum Gasteiger partial charge on any atom is 0.333 e. The van der Waals surface area contributed by atoms with Gasteiger partial charge in [0.15, 0.2) is 12.1 Å². The number of rotatable bonds is 15. The van der Waals surface area contributed by atoms with E-state index in [1.807, 2.05) is 42.5 Å². The highest BCUT2D eigenvalue weighted by molar-refractivity contribution is 5.75. The van der Waals surface area contributed by atoms with Gasteiger partial charge in [0.1, 0.15) is 18.4 Å². The van der Waals surface area contributed by atoms with Gasteiger partial charge < -0.3 is 47.1 Å². The Labute approximate surface area is 235 Å². The molecule has 0 aliphatic carbocycles. The first-order valence-corrected chi connectivity index (χ1v) is 13.4. The number of aliphatic carboxylic acids is 2. The van der Waals surface area contributed by atoms with Crippen molar-refractivity contribution in [2.24, 2.45) is 22.2 Å². The van der Waals surface area contributed by atoms with Crippen LogP contribution < -0.4 is 32.2 Å². The predicted molar refractivity (Wildman–Crippen MR) is 156 cm³/mol. The average molecular weight is 559 g/mol. The first kappa shape index (κ1) is 32.2. The van der Waals surface area contributed by atoms with Gasteiger partial charge >= 0.3 is 11.9 Å². The van der Waals surface area contributed by atoms with E-state index in [1.165, 1.54) is 5.69 Å². The Morgan fingerprint density at radius 2 is 1.82 bits per heavy atom. The quantitative estimate of drug-likeness (QED) is 0.106. The van der Waals surface area contributed by atoms with Crippen LogP contribution in [0.1, 0.15) is 31.7 Å². The summed E-state index contributed by atoms with van der Waals surface area (Å²) in [6.07, 6.45) is 1.55. The molecule has 0 fully saturated rings. The van der Waals surface area contributed by atoms with Gasteiger partial charge in [0.05, 0.1) is 12.2 Å². The van der Waals surface area contributed by atoms with E-state index in [-0.39, 0.29) is 5.96 Å². The maximum absolute atomic E-state index is 11.2. The Hall–Kier alpha value is -4.03. The number of ether oxygens (including phenoxy) is 2. The van der Waals surface area contributed by atoms with E-state index in [2.05, 4.69) is 21.3 Å². The van der Waals surface area contributed by atoms with Crippen molar-refractivity contribution < 1.29 is 29.3 Å². The summed E-state index contributed by atoms with van der Waals surface area (Å²) in [4.78, 5) is 27.5. The predicted octanol–water partition coefficient (Wildman–Crippen LogP) is 1.87. The van der Waals surface area contributed by atoms with Crippen LogP contribution in [0.2, 0.25) is 0 Å². The number of nitrogens with two attached hydrogens (primary N) is 3. The standard InChI is InChI=1S/C22H28N2O4.C6H14N4O2/c1-2-27-21(22(25)26)16-17-8-10-18(11-9-17)23-12-5-13-24-14-15-28-20-7-4-3-6-19(20)24;7-4(5(11)12)2-1-3-10-6(8)9/h3-4,6-11,21,23H,2,5,12-16H2,1H3,(H,25,26);4H,1-3,7H2,(H,11,12)(H4,8,9,10). The van der Waals surface area contributed by atoms with Crippen molar-refractivity contribution in [2.75, 3.05) is 49.6 Å². The van der Waals surface area contributed by atoms with Gasteiger partial charge in [-0.1, -0.05) is 24.3 Å². The SMILES string of the molecule is CCOC(Cc1ccc(NCCCN2CCOc3ccccc32)cc1)C(=O)O.NC(N)=NCCCC(N)C(=O)O. The van der Waals surface area contributed by atoms with E-state index >= 15 is 0 Å². The van der Waals surface area contributed by atoms with E-state index in [4.69, 9.17) is 31.8 Å². The van der Waals surface area contributed by atoms with Gasteiger partial charge in [0.2, 0.25) is 0 Å². The number of hydrogen-bond donors (Lipinski definition) is 6. The molecule has 12 heteroatoms. The Kier molecular flexibility index (Phi) is 14.1. The minimum Gasteiger partial charge on any atom is -0.490 e. The number of para-hydroxylation sites is 2. The van der Waals surface area contributed by atoms with Crippen molar-refractivity contribution in [1.82, 2.24) is 0 Å². The van der Waals surface area contributed by atoms with E-state index in [1.54, 1.807) is 6.92 Å². The van der Waals surface area contributed by atoms with E-state index in [9.17, 15) is 14.7 Å². The fourth-order valence-corrected chi connectivity index (χ4v) is 4.00. The second kappa shape index (κ2) is 17.5. The molecular formula is C28H42N6O6. The lowest BCUT2D eigenvalue weighted by Crippen LogP contribution is -2.34. The molecule has 2 aromatic rings. The number of nitrogens with one attached hydrogen (secondary N) is 1. The van der Waals surface area contributed by atoms with Gasteiger partial charge in [0, 0.05) is 38.3 Å². The Bertz CT molecular complexity index is 1080. The molecule has 40 heavy (non-hydrogen) atoms. The Balaban J connectivity index is 0.000000395. The van der Waals surface area contributed by atoms with Gasteiger partial charge in [0.25, 0.3) is 0 Å². The zero-order valence-electron chi connectivity index (χ0n) is 23.0. The molecule has 220 valence electrons. The van der Waals surface area contributed by atoms with Gasteiger partial charge in [-0.25, -0.2) is 4.79 Å². The van der Waals surface area contributed by atoms with Crippen LogP contribution in [0.3, 0.4) is 0 Å². The zero-order valence-corrected chi connectivity index (χ0v) is 23.0. The molecule has 2 atom stereocenters. The highest BCUT2D eigenvalue weighted by atomic mass is 16.5. The molecule has 0 spiro atoms. The summed E-state index contributed by atoms with van der Waals surface area (Å²) in [6, 6.07) is 15.2. The minimum atomic E-state index is -1.00. The first-order chi connectivity index (χ1) is 19.2. The third-order valence-electron chi connectivity index (χ3n) is 6.06. The van der Waals surface area contributed by atoms with Crippen LogP contribution in [0.5, 0.6) is 5.75 Å². The second-order valence-electron chi connectivity index (χ2n) is 9.16. The summed E-state index contributed by atoms with van der Waals surface area (Å²) >= 11 is 0. The lowest BCUT2D eigenvalue weighted by atomic mass is 10.1. The number of guanidine groups is 1. The second-order valence-corrected chi connectivity index (χ2v) is 9.16. The maximum atomic E-state index is 11.2. The molecule has 1 aliphatic heterocycles. The molecule has 0 saturated carbocycles. The Morgan fingerprint density at radius 1 is 1.10 bits per heavy atom. The van der Waals surface area contributed by atoms with Gasteiger partial charge in [-0.3, -0.25) is 9.79 Å². The van der Waals surface area contributed by atoms with Gasteiger partial charge in [-0.05, 0) is 56.0 Å². The smallest absolute Gasteiger partial charge is 0.333 e. The molecule has 2 unspecified atom stereocenters. The number of anilines is 2. The summed E-state index contributed by atoms with van der Waals surface area (Å²) in [6.45, 7) is 6.10. The third kappa shape index (κ3) is 11.8. The molecule has 0 bridgehead atoms. The van der Waals surface area contributed by atoms with Crippen molar-refractivity contribution in [2.45, 2.75) is 44.8 Å². The average Bonchev–Trinajstić information content (AvgIpc) is 2.94. The zero-order chi connectivity index (χ0) is 29.3. The van der Waals surface area contributed by atoms with Crippen molar-refractivity contribution in [1.29, 1.82) is 0 Å². The van der Waals surface area contributed by atoms with Crippen LogP contribution in [-0.2, 0) is 20.7 Å². The van der Waals surface area contributed by atoms with E-state index in [0.717, 1.165) is 49.7 Å². The largest absolute Gasteiger partial charge is 0.490 e. The molecule has 0 saturated heterocycles. The topological polar surface area (TPSA) is 199 Å². The molecule has 9 N–H and O–H groups in total. The van der Waals surface area contributed by atoms with Gasteiger partial charge in [-0.15, -0.1) is 0 Å². The molecule has 1 heterocycles. The number of carboxylic acids is 2. The normalized spacial score (nSPS) is 13.5. The van der Waals surface area contributed by atoms with E-state index < -0.39 is 24.1 Å². The lowest BCUT2D eigenvalue weighted by molar-refractivity contribution is -0.150. The van der Waals surface area contributed by atoms with Crippen LogP contribution in [0.15, 0.2) is 53.5 Å². The fourth-order valence-electron chi connectivity index (χ4n) is 4.00. The molecule has 0 amide bonds. The van der Waals surface area contributed by atoms with Crippen molar-refractivity contribution in [3.05, 3.63) is 54.1 Å². The highest BCUT2D eigenvalue weighted by Crippen LogP contribution is 2.30. The number of carbonyl (C=O) groups is 2. The summed E-state index contributed by atoms with van der Waals surface area (Å²) < 4.78 is 11.0. The third-order valence-corrected chi connectivity index (χ3v) is 6.06.